The van der Waals surface area contributed by atoms with Gasteiger partial charge >= 0.3 is 5.63 Å². The van der Waals surface area contributed by atoms with Crippen LogP contribution < -0.4 is 10.4 Å². The molecule has 0 spiro atoms. The van der Waals surface area contributed by atoms with Crippen molar-refractivity contribution < 1.29 is 9.15 Å². The topological polar surface area (TPSA) is 52.3 Å². The summed E-state index contributed by atoms with van der Waals surface area (Å²) >= 11 is 0. The van der Waals surface area contributed by atoms with Gasteiger partial charge in [-0.3, -0.25) is 4.98 Å². The van der Waals surface area contributed by atoms with Crippen LogP contribution in [0.25, 0.3) is 22.2 Å². The summed E-state index contributed by atoms with van der Waals surface area (Å²) < 4.78 is 10.6. The van der Waals surface area contributed by atoms with E-state index in [-0.39, 0.29) is 0 Å². The van der Waals surface area contributed by atoms with Crippen molar-refractivity contribution in [2.24, 2.45) is 0 Å². The maximum Gasteiger partial charge on any atom is 0.345 e. The first-order valence-corrected chi connectivity index (χ1v) is 5.82. The zero-order valence-corrected chi connectivity index (χ0v) is 10.3. The van der Waals surface area contributed by atoms with Crippen molar-refractivity contribution in [3.63, 3.8) is 0 Å². The van der Waals surface area contributed by atoms with E-state index in [9.17, 15) is 4.79 Å². The number of fused-ring (bicyclic) bond motifs is 1. The van der Waals surface area contributed by atoms with Crippen LogP contribution in [0.1, 0.15) is 0 Å². The first kappa shape index (κ1) is 11.5. The van der Waals surface area contributed by atoms with E-state index in [2.05, 4.69) is 4.98 Å². The molecule has 0 bridgehead atoms. The Labute approximate surface area is 109 Å². The fraction of sp³-hybridized carbons (Fsp3) is 0.0667. The number of benzene rings is 1. The summed E-state index contributed by atoms with van der Waals surface area (Å²) in [4.78, 5) is 16.1. The normalized spacial score (nSPS) is 10.6. The summed E-state index contributed by atoms with van der Waals surface area (Å²) in [5, 5.41) is 0.473. The Hall–Kier alpha value is -2.62. The van der Waals surface area contributed by atoms with Gasteiger partial charge in [0, 0.05) is 12.3 Å². The third-order valence-electron chi connectivity index (χ3n) is 2.90. The minimum atomic E-state index is -0.397. The number of rotatable bonds is 2. The lowest BCUT2D eigenvalue weighted by atomic mass is 10.1. The number of hydrogen-bond acceptors (Lipinski definition) is 4. The third kappa shape index (κ3) is 1.97. The SMILES string of the molecule is COc1ccccc1-c1cc2ncccc2c(=O)o1. The summed E-state index contributed by atoms with van der Waals surface area (Å²) in [7, 11) is 1.58. The second-order valence-corrected chi connectivity index (χ2v) is 4.03. The molecule has 0 atom stereocenters. The molecule has 94 valence electrons. The molecule has 3 aromatic rings. The van der Waals surface area contributed by atoms with Crippen molar-refractivity contribution in [3.8, 4) is 17.1 Å². The highest BCUT2D eigenvalue weighted by molar-refractivity contribution is 5.81. The van der Waals surface area contributed by atoms with Crippen LogP contribution in [0.3, 0.4) is 0 Å². The van der Waals surface area contributed by atoms with Gasteiger partial charge in [0.1, 0.15) is 11.5 Å². The van der Waals surface area contributed by atoms with Crippen LogP contribution in [0.4, 0.5) is 0 Å². The van der Waals surface area contributed by atoms with Crippen LogP contribution in [0.2, 0.25) is 0 Å². The van der Waals surface area contributed by atoms with Crippen LogP contribution >= 0.6 is 0 Å². The van der Waals surface area contributed by atoms with Crippen molar-refractivity contribution in [1.82, 2.24) is 4.98 Å². The Morgan fingerprint density at radius 2 is 2.00 bits per heavy atom. The van der Waals surface area contributed by atoms with Gasteiger partial charge < -0.3 is 9.15 Å². The van der Waals surface area contributed by atoms with Gasteiger partial charge in [-0.05, 0) is 24.3 Å². The fourth-order valence-electron chi connectivity index (χ4n) is 1.99. The number of para-hydroxylation sites is 1. The number of methoxy groups -OCH3 is 1. The summed E-state index contributed by atoms with van der Waals surface area (Å²) in [5.74, 6) is 1.11. The number of hydrogen-bond donors (Lipinski definition) is 0. The zero-order valence-electron chi connectivity index (χ0n) is 10.3. The fourth-order valence-corrected chi connectivity index (χ4v) is 1.99. The van der Waals surface area contributed by atoms with Crippen LogP contribution in [-0.2, 0) is 0 Å². The lowest BCUT2D eigenvalue weighted by Gasteiger charge is -2.07. The van der Waals surface area contributed by atoms with E-state index in [0.717, 1.165) is 5.56 Å². The molecule has 3 rings (SSSR count). The van der Waals surface area contributed by atoms with Gasteiger partial charge in [-0.15, -0.1) is 0 Å². The highest BCUT2D eigenvalue weighted by Gasteiger charge is 2.10. The Balaban J connectivity index is 2.29. The second kappa shape index (κ2) is 4.57. The Kier molecular flexibility index (Phi) is 2.76. The van der Waals surface area contributed by atoms with Crippen molar-refractivity contribution in [2.75, 3.05) is 7.11 Å². The van der Waals surface area contributed by atoms with Crippen LogP contribution in [0, 0.1) is 0 Å². The molecule has 0 aliphatic heterocycles. The molecule has 0 saturated heterocycles. The molecule has 0 fully saturated rings. The van der Waals surface area contributed by atoms with E-state index in [4.69, 9.17) is 9.15 Å². The summed E-state index contributed by atoms with van der Waals surface area (Å²) in [6.07, 6.45) is 1.65. The standard InChI is InChI=1S/C15H11NO3/c1-18-13-7-3-2-5-11(13)14-9-12-10(15(17)19-14)6-4-8-16-12/h2-9H,1H3. The average Bonchev–Trinajstić information content (AvgIpc) is 2.47. The van der Waals surface area contributed by atoms with Gasteiger partial charge in [0.05, 0.1) is 23.6 Å². The molecule has 0 amide bonds. The van der Waals surface area contributed by atoms with E-state index in [1.54, 1.807) is 31.5 Å². The van der Waals surface area contributed by atoms with Gasteiger partial charge in [-0.2, -0.15) is 0 Å². The van der Waals surface area contributed by atoms with E-state index >= 15 is 0 Å². The van der Waals surface area contributed by atoms with Gasteiger partial charge in [0.25, 0.3) is 0 Å². The lowest BCUT2D eigenvalue weighted by Crippen LogP contribution is -2.01. The molecule has 2 aromatic heterocycles. The largest absolute Gasteiger partial charge is 0.496 e. The van der Waals surface area contributed by atoms with Gasteiger partial charge in [0.15, 0.2) is 0 Å². The lowest BCUT2D eigenvalue weighted by molar-refractivity contribution is 0.414. The van der Waals surface area contributed by atoms with Crippen molar-refractivity contribution in [2.45, 2.75) is 0 Å². The highest BCUT2D eigenvalue weighted by atomic mass is 16.5. The van der Waals surface area contributed by atoms with E-state index < -0.39 is 5.63 Å². The molecule has 0 unspecified atom stereocenters. The predicted molar refractivity (Wildman–Crippen MR) is 72.3 cm³/mol. The second-order valence-electron chi connectivity index (χ2n) is 4.03. The molecule has 19 heavy (non-hydrogen) atoms. The molecule has 0 radical (unpaired) electrons. The molecular weight excluding hydrogens is 242 g/mol. The summed E-state index contributed by atoms with van der Waals surface area (Å²) in [6.45, 7) is 0. The van der Waals surface area contributed by atoms with E-state index in [1.807, 2.05) is 24.3 Å². The van der Waals surface area contributed by atoms with E-state index in [0.29, 0.717) is 22.4 Å². The zero-order chi connectivity index (χ0) is 13.2. The highest BCUT2D eigenvalue weighted by Crippen LogP contribution is 2.29. The number of ether oxygens (including phenoxy) is 1. The molecule has 4 nitrogen and oxygen atoms in total. The predicted octanol–water partition coefficient (Wildman–Crippen LogP) is 2.86. The molecule has 1 aromatic carbocycles. The van der Waals surface area contributed by atoms with Crippen LogP contribution in [0.5, 0.6) is 5.75 Å². The molecular formula is C15H11NO3. The maximum absolute atomic E-state index is 11.9. The molecule has 0 aliphatic rings. The van der Waals surface area contributed by atoms with Gasteiger partial charge in [-0.1, -0.05) is 12.1 Å². The molecule has 0 aliphatic carbocycles. The monoisotopic (exact) mass is 253 g/mol. The quantitative estimate of drug-likeness (QED) is 0.704. The Bertz CT molecular complexity index is 792. The minimum Gasteiger partial charge on any atom is -0.496 e. The van der Waals surface area contributed by atoms with Crippen molar-refractivity contribution in [1.29, 1.82) is 0 Å². The molecule has 4 heteroatoms. The molecule has 0 saturated carbocycles. The van der Waals surface area contributed by atoms with Gasteiger partial charge in [-0.25, -0.2) is 4.79 Å². The summed E-state index contributed by atoms with van der Waals surface area (Å²) in [6, 6.07) is 12.5. The van der Waals surface area contributed by atoms with Crippen molar-refractivity contribution >= 4 is 10.9 Å². The average molecular weight is 253 g/mol. The first-order valence-electron chi connectivity index (χ1n) is 5.82. The van der Waals surface area contributed by atoms with Crippen LogP contribution in [0.15, 0.2) is 57.9 Å². The maximum atomic E-state index is 11.9. The third-order valence-corrected chi connectivity index (χ3v) is 2.90. The Morgan fingerprint density at radius 3 is 2.84 bits per heavy atom. The smallest absolute Gasteiger partial charge is 0.345 e. The Morgan fingerprint density at radius 1 is 1.16 bits per heavy atom. The minimum absolute atomic E-state index is 0.397. The molecule has 0 N–H and O–H groups in total. The number of nitrogens with zero attached hydrogens (tertiary/aromatic N) is 1. The van der Waals surface area contributed by atoms with Crippen LogP contribution in [-0.4, -0.2) is 12.1 Å². The number of pyridine rings is 1. The van der Waals surface area contributed by atoms with Gasteiger partial charge in [0.2, 0.25) is 0 Å². The molecule has 2 heterocycles. The first-order chi connectivity index (χ1) is 9.29. The number of aromatic nitrogens is 1. The summed E-state index contributed by atoms with van der Waals surface area (Å²) in [5.41, 5.74) is 0.945. The van der Waals surface area contributed by atoms with E-state index in [1.165, 1.54) is 0 Å². The van der Waals surface area contributed by atoms with Crippen molar-refractivity contribution in [3.05, 3.63) is 59.1 Å².